The third-order valence-electron chi connectivity index (χ3n) is 6.73. The van der Waals surface area contributed by atoms with Crippen LogP contribution in [0.2, 0.25) is 0 Å². The summed E-state index contributed by atoms with van der Waals surface area (Å²) in [6.07, 6.45) is 1.18. The summed E-state index contributed by atoms with van der Waals surface area (Å²) in [4.78, 5) is 18.2. The van der Waals surface area contributed by atoms with Crippen molar-refractivity contribution < 1.29 is 4.79 Å². The number of hydrogen-bond acceptors (Lipinski definition) is 4. The van der Waals surface area contributed by atoms with Crippen LogP contribution in [0.4, 0.5) is 5.69 Å². The number of anilines is 1. The van der Waals surface area contributed by atoms with Crippen LogP contribution >= 0.6 is 31.9 Å². The Bertz CT molecular complexity index is 1170. The average Bonchev–Trinajstić information content (AvgIpc) is 3.34. The number of amides is 1. The fraction of sp³-hybridized carbons (Fsp3) is 0.286. The highest BCUT2D eigenvalue weighted by atomic mass is 79.9. The molecule has 1 fully saturated rings. The number of benzene rings is 3. The average molecular weight is 596 g/mol. The van der Waals surface area contributed by atoms with E-state index in [1.165, 1.54) is 5.69 Å². The molecule has 2 heterocycles. The third kappa shape index (κ3) is 5.85. The third-order valence-corrected chi connectivity index (χ3v) is 7.79. The van der Waals surface area contributed by atoms with Crippen LogP contribution in [0.5, 0.6) is 0 Å². The van der Waals surface area contributed by atoms with Crippen molar-refractivity contribution in [1.29, 1.82) is 0 Å². The maximum atomic E-state index is 13.4. The van der Waals surface area contributed by atoms with Crippen LogP contribution in [0.3, 0.4) is 0 Å². The van der Waals surface area contributed by atoms with E-state index in [0.29, 0.717) is 12.8 Å². The van der Waals surface area contributed by atoms with Crippen molar-refractivity contribution in [2.24, 2.45) is 5.10 Å². The van der Waals surface area contributed by atoms with Crippen molar-refractivity contribution in [2.75, 3.05) is 37.6 Å². The topological polar surface area (TPSA) is 39.2 Å². The molecular weight excluding hydrogens is 568 g/mol. The predicted octanol–water partition coefficient (Wildman–Crippen LogP) is 6.10. The lowest BCUT2D eigenvalue weighted by Gasteiger charge is -2.36. The van der Waals surface area contributed by atoms with Gasteiger partial charge in [-0.2, -0.15) is 5.10 Å². The molecule has 1 unspecified atom stereocenters. The van der Waals surface area contributed by atoms with E-state index in [-0.39, 0.29) is 11.9 Å². The van der Waals surface area contributed by atoms with E-state index < -0.39 is 0 Å². The van der Waals surface area contributed by atoms with Crippen LogP contribution in [0.1, 0.15) is 30.0 Å². The summed E-state index contributed by atoms with van der Waals surface area (Å²) in [5.74, 6) is 0.0792. The zero-order valence-corrected chi connectivity index (χ0v) is 22.7. The SMILES string of the molecule is O=C(CCN1CCN(c2ccccc2)CC1)N1N=C(c2ccc(Br)cc2)CC1c1ccc(Br)cc1. The van der Waals surface area contributed by atoms with Crippen LogP contribution < -0.4 is 4.90 Å². The predicted molar refractivity (Wildman–Crippen MR) is 149 cm³/mol. The molecule has 7 heteroatoms. The molecule has 0 bridgehead atoms. The molecule has 2 aliphatic rings. The molecule has 3 aromatic carbocycles. The first-order valence-corrected chi connectivity index (χ1v) is 13.6. The smallest absolute Gasteiger partial charge is 0.244 e. The van der Waals surface area contributed by atoms with Crippen LogP contribution in [-0.2, 0) is 4.79 Å². The summed E-state index contributed by atoms with van der Waals surface area (Å²) in [6, 6.07) is 26.8. The lowest BCUT2D eigenvalue weighted by molar-refractivity contribution is -0.133. The second kappa shape index (κ2) is 11.1. The summed E-state index contributed by atoms with van der Waals surface area (Å²) < 4.78 is 2.06. The van der Waals surface area contributed by atoms with Crippen LogP contribution in [0, 0.1) is 0 Å². The molecular formula is C28H28Br2N4O. The van der Waals surface area contributed by atoms with Gasteiger partial charge in [-0.1, -0.05) is 74.3 Å². The Morgan fingerprint density at radius 3 is 2.11 bits per heavy atom. The van der Waals surface area contributed by atoms with Crippen LogP contribution in [-0.4, -0.2) is 54.3 Å². The van der Waals surface area contributed by atoms with Gasteiger partial charge in [0.25, 0.3) is 0 Å². The summed E-state index contributed by atoms with van der Waals surface area (Å²) in [5.41, 5.74) is 4.39. The Hall–Kier alpha value is -2.48. The Labute approximate surface area is 223 Å². The van der Waals surface area contributed by atoms with Gasteiger partial charge in [-0.05, 0) is 47.5 Å². The number of halogens is 2. The lowest BCUT2D eigenvalue weighted by atomic mass is 9.98. The molecule has 0 saturated carbocycles. The van der Waals surface area contributed by atoms with E-state index in [1.807, 2.05) is 24.3 Å². The molecule has 0 N–H and O–H groups in total. The molecule has 35 heavy (non-hydrogen) atoms. The van der Waals surface area contributed by atoms with E-state index in [0.717, 1.165) is 58.5 Å². The van der Waals surface area contributed by atoms with Gasteiger partial charge in [-0.25, -0.2) is 5.01 Å². The summed E-state index contributed by atoms with van der Waals surface area (Å²) in [7, 11) is 0. The zero-order chi connectivity index (χ0) is 24.2. The van der Waals surface area contributed by atoms with Gasteiger partial charge >= 0.3 is 0 Å². The molecule has 0 aliphatic carbocycles. The number of hydrazone groups is 1. The standard InChI is InChI=1S/C28H28Br2N4O/c29-23-10-6-21(7-11-23)26-20-27(22-8-12-24(30)13-9-22)34(31-26)28(35)14-15-32-16-18-33(19-17-32)25-4-2-1-3-5-25/h1-13,27H,14-20H2. The van der Waals surface area contributed by atoms with E-state index in [2.05, 4.69) is 96.3 Å². The molecule has 180 valence electrons. The monoisotopic (exact) mass is 594 g/mol. The Kier molecular flexibility index (Phi) is 7.66. The Morgan fingerprint density at radius 2 is 1.46 bits per heavy atom. The summed E-state index contributed by atoms with van der Waals surface area (Å²) in [5, 5.41) is 6.55. The van der Waals surface area contributed by atoms with Gasteiger partial charge in [-0.3, -0.25) is 9.69 Å². The molecule has 1 saturated heterocycles. The van der Waals surface area contributed by atoms with Gasteiger partial charge in [0.05, 0.1) is 11.8 Å². The highest BCUT2D eigenvalue weighted by Gasteiger charge is 2.33. The fourth-order valence-electron chi connectivity index (χ4n) is 4.74. The normalized spacial score (nSPS) is 18.6. The highest BCUT2D eigenvalue weighted by Crippen LogP contribution is 2.34. The molecule has 5 rings (SSSR count). The van der Waals surface area contributed by atoms with Gasteiger partial charge < -0.3 is 4.90 Å². The van der Waals surface area contributed by atoms with E-state index in [9.17, 15) is 4.79 Å². The van der Waals surface area contributed by atoms with E-state index in [4.69, 9.17) is 5.10 Å². The van der Waals surface area contributed by atoms with Gasteiger partial charge in [0, 0.05) is 60.2 Å². The largest absolute Gasteiger partial charge is 0.369 e. The molecule has 0 aromatic heterocycles. The van der Waals surface area contributed by atoms with Crippen molar-refractivity contribution in [3.8, 4) is 0 Å². The first-order chi connectivity index (χ1) is 17.1. The number of carbonyl (C=O) groups excluding carboxylic acids is 1. The summed E-state index contributed by atoms with van der Waals surface area (Å²) >= 11 is 7.02. The number of hydrogen-bond donors (Lipinski definition) is 0. The van der Waals surface area contributed by atoms with E-state index in [1.54, 1.807) is 5.01 Å². The van der Waals surface area contributed by atoms with Gasteiger partial charge in [-0.15, -0.1) is 0 Å². The van der Waals surface area contributed by atoms with Crippen molar-refractivity contribution >= 4 is 49.2 Å². The number of piperazine rings is 1. The Balaban J connectivity index is 1.25. The number of nitrogens with zero attached hydrogens (tertiary/aromatic N) is 4. The maximum Gasteiger partial charge on any atom is 0.244 e. The number of carbonyl (C=O) groups is 1. The van der Waals surface area contributed by atoms with Crippen molar-refractivity contribution in [3.05, 3.63) is 98.9 Å². The van der Waals surface area contributed by atoms with Crippen molar-refractivity contribution in [1.82, 2.24) is 9.91 Å². The second-order valence-corrected chi connectivity index (χ2v) is 10.8. The molecule has 5 nitrogen and oxygen atoms in total. The highest BCUT2D eigenvalue weighted by molar-refractivity contribution is 9.10. The first kappa shape index (κ1) is 24.2. The van der Waals surface area contributed by atoms with Crippen LogP contribution in [0.25, 0.3) is 0 Å². The quantitative estimate of drug-likeness (QED) is 0.346. The van der Waals surface area contributed by atoms with Gasteiger partial charge in [0.15, 0.2) is 0 Å². The minimum absolute atomic E-state index is 0.0792. The second-order valence-electron chi connectivity index (χ2n) is 8.98. The lowest BCUT2D eigenvalue weighted by Crippen LogP contribution is -2.47. The molecule has 0 radical (unpaired) electrons. The fourth-order valence-corrected chi connectivity index (χ4v) is 5.27. The van der Waals surface area contributed by atoms with E-state index >= 15 is 0 Å². The first-order valence-electron chi connectivity index (χ1n) is 12.0. The van der Waals surface area contributed by atoms with Crippen molar-refractivity contribution in [3.63, 3.8) is 0 Å². The Morgan fingerprint density at radius 1 is 0.829 bits per heavy atom. The molecule has 1 amide bonds. The molecule has 2 aliphatic heterocycles. The van der Waals surface area contributed by atoms with Crippen LogP contribution in [0.15, 0.2) is 92.9 Å². The summed E-state index contributed by atoms with van der Waals surface area (Å²) in [6.45, 7) is 4.65. The molecule has 3 aromatic rings. The zero-order valence-electron chi connectivity index (χ0n) is 19.5. The number of para-hydroxylation sites is 1. The minimum atomic E-state index is -0.0795. The van der Waals surface area contributed by atoms with Gasteiger partial charge in [0.1, 0.15) is 0 Å². The maximum absolute atomic E-state index is 13.4. The molecule has 1 atom stereocenters. The number of rotatable bonds is 6. The van der Waals surface area contributed by atoms with Crippen molar-refractivity contribution in [2.45, 2.75) is 18.9 Å². The van der Waals surface area contributed by atoms with Gasteiger partial charge in [0.2, 0.25) is 5.91 Å². The molecule has 0 spiro atoms. The minimum Gasteiger partial charge on any atom is -0.369 e.